The molecule has 0 atom stereocenters. The van der Waals surface area contributed by atoms with Gasteiger partial charge in [-0.2, -0.15) is 5.10 Å². The molecule has 3 heterocycles. The molecule has 12 nitrogen and oxygen atoms in total. The summed E-state index contributed by atoms with van der Waals surface area (Å²) in [5.41, 5.74) is 8.04. The van der Waals surface area contributed by atoms with Crippen molar-refractivity contribution in [2.24, 2.45) is 5.92 Å². The standard InChI is InChI=1S/C26H30F3N9O3S/c1-16(2)20-14-38(37-33-20)15-23(40)31-25-36-35-24(42-25)9-4-3-7-18-10-11-21(34-32-18)30-22(39)13-17-6-5-8-19(12-17)41-26(27,28)29/h5-6,8,10-12,14,16,33,37H,3-4,7,9,13,15H2,1-2H3,(H,30,34,39)(H,31,36,40). The number of unbranched alkanes of at least 4 members (excludes halogenated alkanes) is 1. The fraction of sp³-hybridized carbons (Fsp3) is 0.385. The Labute approximate surface area is 243 Å². The monoisotopic (exact) mass is 605 g/mol. The van der Waals surface area contributed by atoms with Crippen LogP contribution in [0, 0.1) is 5.92 Å². The lowest BCUT2D eigenvalue weighted by Gasteiger charge is -2.13. The highest BCUT2D eigenvalue weighted by Gasteiger charge is 2.31. The number of halogens is 3. The lowest BCUT2D eigenvalue weighted by Crippen LogP contribution is -2.41. The Kier molecular flexibility index (Phi) is 10.2. The van der Waals surface area contributed by atoms with Crippen molar-refractivity contribution in [2.75, 3.05) is 17.2 Å². The topological polar surface area (TPSA) is 146 Å². The van der Waals surface area contributed by atoms with E-state index in [9.17, 15) is 22.8 Å². The predicted octanol–water partition coefficient (Wildman–Crippen LogP) is 3.73. The Bertz CT molecular complexity index is 1400. The molecule has 1 aliphatic heterocycles. The van der Waals surface area contributed by atoms with Crippen molar-refractivity contribution in [1.82, 2.24) is 36.4 Å². The number of nitrogens with one attached hydrogen (secondary N) is 4. The van der Waals surface area contributed by atoms with Gasteiger partial charge in [0.25, 0.3) is 0 Å². The molecule has 0 fully saturated rings. The van der Waals surface area contributed by atoms with Crippen molar-refractivity contribution >= 4 is 34.1 Å². The second-order valence-electron chi connectivity index (χ2n) is 9.69. The molecule has 4 rings (SSSR count). The molecule has 0 spiro atoms. The zero-order valence-corrected chi connectivity index (χ0v) is 23.7. The van der Waals surface area contributed by atoms with Crippen LogP contribution in [-0.4, -0.2) is 50.1 Å². The van der Waals surface area contributed by atoms with E-state index >= 15 is 0 Å². The molecule has 2 aromatic heterocycles. The van der Waals surface area contributed by atoms with Crippen molar-refractivity contribution in [3.05, 3.63) is 64.6 Å². The maximum Gasteiger partial charge on any atom is 0.573 e. The van der Waals surface area contributed by atoms with Gasteiger partial charge in [0, 0.05) is 18.3 Å². The number of allylic oxidation sites excluding steroid dienone is 1. The Morgan fingerprint density at radius 1 is 1.02 bits per heavy atom. The number of rotatable bonds is 13. The van der Waals surface area contributed by atoms with Gasteiger partial charge in [-0.3, -0.25) is 19.9 Å². The minimum absolute atomic E-state index is 0.121. The van der Waals surface area contributed by atoms with Gasteiger partial charge in [0.05, 0.1) is 12.1 Å². The van der Waals surface area contributed by atoms with Crippen LogP contribution < -0.4 is 26.3 Å². The van der Waals surface area contributed by atoms with E-state index in [0.29, 0.717) is 29.5 Å². The zero-order valence-electron chi connectivity index (χ0n) is 22.9. The van der Waals surface area contributed by atoms with Gasteiger partial charge < -0.3 is 15.5 Å². The summed E-state index contributed by atoms with van der Waals surface area (Å²) < 4.78 is 41.1. The fourth-order valence-corrected chi connectivity index (χ4v) is 4.63. The molecular formula is C26H30F3N9O3S. The number of hydrazine groups is 2. The van der Waals surface area contributed by atoms with E-state index in [1.165, 1.54) is 23.5 Å². The predicted molar refractivity (Wildman–Crippen MR) is 149 cm³/mol. The van der Waals surface area contributed by atoms with Crippen LogP contribution in [0.3, 0.4) is 0 Å². The number of carbonyl (C=O) groups excluding carboxylic acids is 2. The molecule has 3 aromatic rings. The first-order valence-electron chi connectivity index (χ1n) is 13.1. The molecule has 0 unspecified atom stereocenters. The van der Waals surface area contributed by atoms with E-state index in [-0.39, 0.29) is 24.7 Å². The first-order valence-corrected chi connectivity index (χ1v) is 13.9. The average molecular weight is 606 g/mol. The molecular weight excluding hydrogens is 575 g/mol. The quantitative estimate of drug-likeness (QED) is 0.213. The molecule has 1 aliphatic rings. The number of carbonyl (C=O) groups is 2. The molecule has 2 amide bonds. The zero-order chi connectivity index (χ0) is 30.1. The van der Waals surface area contributed by atoms with Crippen LogP contribution in [0.2, 0.25) is 0 Å². The molecule has 0 saturated heterocycles. The average Bonchev–Trinajstić information content (AvgIpc) is 3.56. The summed E-state index contributed by atoms with van der Waals surface area (Å²) >= 11 is 1.33. The van der Waals surface area contributed by atoms with Gasteiger partial charge in [-0.25, -0.2) is 0 Å². The second kappa shape index (κ2) is 14.0. The van der Waals surface area contributed by atoms with Gasteiger partial charge in [-0.1, -0.05) is 37.3 Å². The first-order chi connectivity index (χ1) is 20.0. The third-order valence-corrected chi connectivity index (χ3v) is 6.74. The van der Waals surface area contributed by atoms with Crippen LogP contribution in [0.25, 0.3) is 0 Å². The van der Waals surface area contributed by atoms with Crippen molar-refractivity contribution in [3.8, 4) is 5.75 Å². The van der Waals surface area contributed by atoms with Gasteiger partial charge >= 0.3 is 6.36 Å². The number of hydrogen-bond donors (Lipinski definition) is 4. The minimum atomic E-state index is -4.81. The molecule has 42 heavy (non-hydrogen) atoms. The number of alkyl halides is 3. The van der Waals surface area contributed by atoms with E-state index in [1.54, 1.807) is 17.1 Å². The van der Waals surface area contributed by atoms with Gasteiger partial charge in [0.1, 0.15) is 17.3 Å². The molecule has 0 radical (unpaired) electrons. The number of ether oxygens (including phenoxy) is 1. The number of aryl methyl sites for hydroxylation is 2. The van der Waals surface area contributed by atoms with Gasteiger partial charge in [-0.05, 0) is 55.0 Å². The summed E-state index contributed by atoms with van der Waals surface area (Å²) in [5.74, 6) is -0.500. The maximum absolute atomic E-state index is 12.4. The lowest BCUT2D eigenvalue weighted by molar-refractivity contribution is -0.274. The van der Waals surface area contributed by atoms with E-state index < -0.39 is 18.0 Å². The van der Waals surface area contributed by atoms with Crippen LogP contribution in [0.4, 0.5) is 24.1 Å². The highest BCUT2D eigenvalue weighted by Crippen LogP contribution is 2.24. The Morgan fingerprint density at radius 2 is 1.83 bits per heavy atom. The number of aromatic nitrogens is 4. The first kappa shape index (κ1) is 30.6. The van der Waals surface area contributed by atoms with Crippen LogP contribution in [0.1, 0.15) is 43.0 Å². The van der Waals surface area contributed by atoms with Crippen molar-refractivity contribution < 1.29 is 27.5 Å². The summed E-state index contributed by atoms with van der Waals surface area (Å²) in [6.07, 6.45) is -0.102. The van der Waals surface area contributed by atoms with E-state index in [2.05, 4.69) is 60.6 Å². The molecule has 0 saturated carbocycles. The van der Waals surface area contributed by atoms with E-state index in [4.69, 9.17) is 0 Å². The summed E-state index contributed by atoms with van der Waals surface area (Å²) in [6, 6.07) is 8.61. The van der Waals surface area contributed by atoms with Crippen LogP contribution in [0.15, 0.2) is 48.3 Å². The van der Waals surface area contributed by atoms with Gasteiger partial charge in [0.2, 0.25) is 16.9 Å². The molecule has 16 heteroatoms. The summed E-state index contributed by atoms with van der Waals surface area (Å²) in [7, 11) is 0. The molecule has 0 bridgehead atoms. The largest absolute Gasteiger partial charge is 0.573 e. The van der Waals surface area contributed by atoms with Crippen LogP contribution >= 0.6 is 11.3 Å². The van der Waals surface area contributed by atoms with Crippen LogP contribution in [0.5, 0.6) is 5.75 Å². The second-order valence-corrected chi connectivity index (χ2v) is 10.8. The molecule has 4 N–H and O–H groups in total. The third kappa shape index (κ3) is 9.95. The number of nitrogens with zero attached hydrogens (tertiary/aromatic N) is 5. The molecule has 224 valence electrons. The Hall–Kier alpha value is -4.31. The fourth-order valence-electron chi connectivity index (χ4n) is 3.83. The Balaban J connectivity index is 1.14. The van der Waals surface area contributed by atoms with E-state index in [1.807, 2.05) is 6.20 Å². The maximum atomic E-state index is 12.4. The molecule has 0 aliphatic carbocycles. The summed E-state index contributed by atoms with van der Waals surface area (Å²) in [5, 5.41) is 24.6. The smallest absolute Gasteiger partial charge is 0.406 e. The SMILES string of the molecule is CC(C)C1=CN(CC(=O)Nc2nnc(CCCCc3ccc(NC(=O)Cc4cccc(OC(F)(F)F)c4)nn3)s2)NN1. The number of hydrogen-bond acceptors (Lipinski definition) is 11. The van der Waals surface area contributed by atoms with Gasteiger partial charge in [-0.15, -0.1) is 34.0 Å². The third-order valence-electron chi connectivity index (χ3n) is 5.85. The lowest BCUT2D eigenvalue weighted by atomic mass is 10.1. The molecule has 1 aromatic carbocycles. The van der Waals surface area contributed by atoms with Crippen LogP contribution in [-0.2, 0) is 28.9 Å². The number of anilines is 2. The minimum Gasteiger partial charge on any atom is -0.406 e. The highest BCUT2D eigenvalue weighted by molar-refractivity contribution is 7.15. The number of amides is 2. The van der Waals surface area contributed by atoms with Crippen molar-refractivity contribution in [1.29, 1.82) is 0 Å². The van der Waals surface area contributed by atoms with Crippen molar-refractivity contribution in [2.45, 2.75) is 52.3 Å². The Morgan fingerprint density at radius 3 is 2.55 bits per heavy atom. The van der Waals surface area contributed by atoms with Gasteiger partial charge in [0.15, 0.2) is 5.82 Å². The highest BCUT2D eigenvalue weighted by atomic mass is 32.1. The summed E-state index contributed by atoms with van der Waals surface area (Å²) in [4.78, 5) is 24.6. The number of benzene rings is 1. The normalized spacial score (nSPS) is 13.1. The van der Waals surface area contributed by atoms with E-state index in [0.717, 1.165) is 41.4 Å². The summed E-state index contributed by atoms with van der Waals surface area (Å²) in [6.45, 7) is 4.22. The van der Waals surface area contributed by atoms with Crippen molar-refractivity contribution in [3.63, 3.8) is 0 Å².